The third kappa shape index (κ3) is 3.77. The van der Waals surface area contributed by atoms with Crippen LogP contribution in [-0.2, 0) is 18.2 Å². The van der Waals surface area contributed by atoms with Crippen LogP contribution >= 0.6 is 16.5 Å². The van der Waals surface area contributed by atoms with Gasteiger partial charge < -0.3 is 0 Å². The molecule has 0 heterocycles. The first-order chi connectivity index (χ1) is 8.33. The topological polar surface area (TPSA) is 93.1 Å². The molecule has 0 aliphatic rings. The van der Waals surface area contributed by atoms with Crippen LogP contribution in [0.1, 0.15) is 53.4 Å². The van der Waals surface area contributed by atoms with Crippen molar-refractivity contribution in [3.8, 4) is 0 Å². The summed E-state index contributed by atoms with van der Waals surface area (Å²) in [6.45, 7) is 7.41. The van der Waals surface area contributed by atoms with Crippen LogP contribution in [0.3, 0.4) is 0 Å². The van der Waals surface area contributed by atoms with Crippen molar-refractivity contribution >= 4 is 16.5 Å². The van der Waals surface area contributed by atoms with Crippen molar-refractivity contribution in [2.24, 2.45) is 5.41 Å². The van der Waals surface area contributed by atoms with E-state index in [0.29, 0.717) is 19.3 Å². The Balaban J connectivity index is 5.63. The first-order valence-electron chi connectivity index (χ1n) is 6.03. The van der Waals surface area contributed by atoms with Crippen LogP contribution in [0.15, 0.2) is 0 Å². The molecule has 8 heteroatoms. The minimum Gasteiger partial charge on any atom is -0.133 e. The Labute approximate surface area is 110 Å². The first-order valence-corrected chi connectivity index (χ1v) is 8.29. The van der Waals surface area contributed by atoms with Crippen molar-refractivity contribution in [1.29, 1.82) is 0 Å². The lowest BCUT2D eigenvalue weighted by Crippen LogP contribution is -2.49. The molecule has 6 nitrogen and oxygen atoms in total. The molecule has 0 spiro atoms. The molecule has 0 amide bonds. The predicted octanol–water partition coefficient (Wildman–Crippen LogP) is 3.64. The van der Waals surface area contributed by atoms with Crippen molar-refractivity contribution < 1.29 is 28.0 Å². The van der Waals surface area contributed by atoms with Gasteiger partial charge in [-0.15, -0.1) is 9.79 Å². The Kier molecular flexibility index (Phi) is 7.60. The Bertz CT molecular complexity index is 278. The van der Waals surface area contributed by atoms with Gasteiger partial charge in [-0.3, -0.25) is 0 Å². The quantitative estimate of drug-likeness (QED) is 0.499. The van der Waals surface area contributed by atoms with Crippen LogP contribution in [0.4, 0.5) is 0 Å². The van der Waals surface area contributed by atoms with Crippen LogP contribution in [0.5, 0.6) is 0 Å². The standard InChI is InChI=1S/C10H20O6P2/c1-5-9(6-2,7-3)10(8-4,15-17(11)12)16-18(13)14/h5-8H2,1-4H3/p+2. The fraction of sp³-hybridized carbons (Fsp3) is 1.00. The van der Waals surface area contributed by atoms with E-state index in [0.717, 1.165) is 0 Å². The molecule has 0 saturated heterocycles. The summed E-state index contributed by atoms with van der Waals surface area (Å²) in [6, 6.07) is 0. The average molecular weight is 300 g/mol. The molecule has 2 unspecified atom stereocenters. The van der Waals surface area contributed by atoms with E-state index in [1.807, 2.05) is 20.8 Å². The van der Waals surface area contributed by atoms with E-state index in [4.69, 9.17) is 18.8 Å². The van der Waals surface area contributed by atoms with Crippen molar-refractivity contribution in [2.45, 2.75) is 59.2 Å². The van der Waals surface area contributed by atoms with Gasteiger partial charge in [0, 0.05) is 21.0 Å². The van der Waals surface area contributed by atoms with Crippen molar-refractivity contribution in [3.05, 3.63) is 0 Å². The lowest BCUT2D eigenvalue weighted by molar-refractivity contribution is -0.211. The third-order valence-corrected chi connectivity index (χ3v) is 4.66. The van der Waals surface area contributed by atoms with Crippen LogP contribution < -0.4 is 0 Å². The zero-order valence-electron chi connectivity index (χ0n) is 11.3. The smallest absolute Gasteiger partial charge is 0.133 e. The highest BCUT2D eigenvalue weighted by atomic mass is 31.1. The van der Waals surface area contributed by atoms with Gasteiger partial charge >= 0.3 is 16.5 Å². The normalized spacial score (nSPS) is 17.2. The van der Waals surface area contributed by atoms with Gasteiger partial charge in [-0.2, -0.15) is 0 Å². The number of hydrogen-bond donors (Lipinski definition) is 2. The van der Waals surface area contributed by atoms with E-state index in [-0.39, 0.29) is 6.42 Å². The van der Waals surface area contributed by atoms with Gasteiger partial charge in [0.25, 0.3) is 5.79 Å². The maximum Gasteiger partial charge on any atom is 0.697 e. The molecule has 0 rings (SSSR count). The van der Waals surface area contributed by atoms with Crippen LogP contribution in [0, 0.1) is 5.41 Å². The van der Waals surface area contributed by atoms with Crippen molar-refractivity contribution in [2.75, 3.05) is 0 Å². The van der Waals surface area contributed by atoms with Gasteiger partial charge in [-0.05, 0) is 19.3 Å². The van der Waals surface area contributed by atoms with Gasteiger partial charge in [0.1, 0.15) is 0 Å². The predicted molar refractivity (Wildman–Crippen MR) is 68.1 cm³/mol. The molecular formula is C10H22O6P2+2. The summed E-state index contributed by atoms with van der Waals surface area (Å²) in [5, 5.41) is 0. The lowest BCUT2D eigenvalue weighted by atomic mass is 9.71. The second-order valence-corrected chi connectivity index (χ2v) is 5.42. The Morgan fingerprint density at radius 1 is 0.833 bits per heavy atom. The minimum atomic E-state index is -2.92. The van der Waals surface area contributed by atoms with Crippen LogP contribution in [-0.4, -0.2) is 15.6 Å². The largest absolute Gasteiger partial charge is 0.697 e. The molecule has 0 saturated carbocycles. The maximum absolute atomic E-state index is 11.0. The summed E-state index contributed by atoms with van der Waals surface area (Å²) < 4.78 is 32.1. The molecule has 2 N–H and O–H groups in total. The molecule has 0 aromatic carbocycles. The average Bonchev–Trinajstić information content (AvgIpc) is 2.30. The van der Waals surface area contributed by atoms with Gasteiger partial charge in [0.15, 0.2) is 0 Å². The Morgan fingerprint density at radius 2 is 1.17 bits per heavy atom. The molecule has 0 aromatic rings. The molecule has 18 heavy (non-hydrogen) atoms. The molecule has 0 aliphatic heterocycles. The molecule has 0 bridgehead atoms. The first kappa shape index (κ1) is 18.0. The SMILES string of the molecule is CCC(CC)(CC)C(CC)(O[P+](=O)O)O[P+](=O)O. The zero-order valence-corrected chi connectivity index (χ0v) is 13.0. The van der Waals surface area contributed by atoms with E-state index in [2.05, 4.69) is 0 Å². The Hall–Kier alpha value is 0.0400. The van der Waals surface area contributed by atoms with Gasteiger partial charge in [0.05, 0.1) is 0 Å². The highest BCUT2D eigenvalue weighted by Gasteiger charge is 2.60. The second-order valence-electron chi connectivity index (χ2n) is 4.11. The summed E-state index contributed by atoms with van der Waals surface area (Å²) >= 11 is 0. The fourth-order valence-electron chi connectivity index (χ4n) is 2.52. The monoisotopic (exact) mass is 300 g/mol. The summed E-state index contributed by atoms with van der Waals surface area (Å²) in [7, 11) is -5.84. The molecule has 0 fully saturated rings. The zero-order chi connectivity index (χ0) is 14.4. The molecule has 2 atom stereocenters. The maximum atomic E-state index is 11.0. The van der Waals surface area contributed by atoms with Crippen LogP contribution in [0.2, 0.25) is 0 Å². The summed E-state index contributed by atoms with van der Waals surface area (Å²) in [5.41, 5.74) is -0.580. The number of rotatable bonds is 9. The molecular weight excluding hydrogens is 278 g/mol. The second kappa shape index (κ2) is 7.59. The summed E-state index contributed by atoms with van der Waals surface area (Å²) in [5.74, 6) is -1.52. The summed E-state index contributed by atoms with van der Waals surface area (Å²) in [4.78, 5) is 18.0. The highest BCUT2D eigenvalue weighted by molar-refractivity contribution is 7.33. The summed E-state index contributed by atoms with van der Waals surface area (Å²) in [6.07, 6.45) is 2.05. The van der Waals surface area contributed by atoms with E-state index in [9.17, 15) is 9.13 Å². The van der Waals surface area contributed by atoms with E-state index in [1.54, 1.807) is 6.92 Å². The van der Waals surface area contributed by atoms with Gasteiger partial charge in [0.2, 0.25) is 0 Å². The molecule has 0 aromatic heterocycles. The molecule has 0 radical (unpaired) electrons. The van der Waals surface area contributed by atoms with E-state index >= 15 is 0 Å². The molecule has 0 aliphatic carbocycles. The Morgan fingerprint density at radius 3 is 1.33 bits per heavy atom. The molecule has 106 valence electrons. The van der Waals surface area contributed by atoms with Crippen molar-refractivity contribution in [1.82, 2.24) is 0 Å². The minimum absolute atomic E-state index is 0.214. The third-order valence-electron chi connectivity index (χ3n) is 3.75. The van der Waals surface area contributed by atoms with Crippen LogP contribution in [0.25, 0.3) is 0 Å². The highest BCUT2D eigenvalue weighted by Crippen LogP contribution is 2.53. The lowest BCUT2D eigenvalue weighted by Gasteiger charge is -2.40. The van der Waals surface area contributed by atoms with E-state index < -0.39 is 27.7 Å². The fourth-order valence-corrected chi connectivity index (χ4v) is 3.81. The van der Waals surface area contributed by atoms with E-state index in [1.165, 1.54) is 0 Å². The van der Waals surface area contributed by atoms with Gasteiger partial charge in [-0.25, -0.2) is 0 Å². The van der Waals surface area contributed by atoms with Gasteiger partial charge in [-0.1, -0.05) is 36.7 Å². The number of hydrogen-bond acceptors (Lipinski definition) is 4. The van der Waals surface area contributed by atoms with Crippen molar-refractivity contribution in [3.63, 3.8) is 0 Å².